The molecule has 4 aliphatic rings. The number of nitrogens with zero attached hydrogens (tertiary/aromatic N) is 5. The third-order valence-corrected chi connectivity index (χ3v) is 14.1. The van der Waals surface area contributed by atoms with Gasteiger partial charge in [-0.25, -0.2) is 0 Å². The average molecular weight is 977 g/mol. The minimum absolute atomic E-state index is 0.0309. The van der Waals surface area contributed by atoms with Gasteiger partial charge in [0.2, 0.25) is 5.91 Å². The van der Waals surface area contributed by atoms with Crippen LogP contribution in [0.1, 0.15) is 36.5 Å². The fourth-order valence-electron chi connectivity index (χ4n) is 9.38. The molecule has 10 nitrogen and oxygen atoms in total. The number of hydrogen-bond acceptors (Lipinski definition) is 8. The highest BCUT2D eigenvalue weighted by molar-refractivity contribution is 6.42. The third kappa shape index (κ3) is 15.1. The molecule has 4 aromatic carbocycles. The highest BCUT2D eigenvalue weighted by atomic mass is 35.5. The van der Waals surface area contributed by atoms with Crippen molar-refractivity contribution in [3.05, 3.63) is 139 Å². The molecule has 354 valence electrons. The van der Waals surface area contributed by atoms with Crippen LogP contribution < -0.4 is 0 Å². The molecule has 0 aliphatic carbocycles. The second kappa shape index (κ2) is 26.3. The van der Waals surface area contributed by atoms with Crippen LogP contribution >= 0.6 is 46.4 Å². The molecule has 4 aliphatic heterocycles. The largest absolute Gasteiger partial charge is 0.481 e. The molecule has 6 atom stereocenters. The summed E-state index contributed by atoms with van der Waals surface area (Å²) in [4.78, 5) is 35.4. The number of likely N-dealkylation sites (N-methyl/N-ethyl adjacent to an activating group) is 2. The number of carboxylic acid groups (broad SMARTS) is 1. The monoisotopic (exact) mass is 974 g/mol. The van der Waals surface area contributed by atoms with Gasteiger partial charge in [-0.2, -0.15) is 0 Å². The number of carbonyl (C=O) groups is 2. The van der Waals surface area contributed by atoms with E-state index in [1.165, 1.54) is 30.5 Å². The van der Waals surface area contributed by atoms with Crippen molar-refractivity contribution in [2.75, 3.05) is 81.4 Å². The minimum atomic E-state index is -1.00. The Balaban J connectivity index is 0.000000199. The van der Waals surface area contributed by atoms with Crippen molar-refractivity contribution in [1.29, 1.82) is 0 Å². The van der Waals surface area contributed by atoms with Crippen LogP contribution in [0.3, 0.4) is 0 Å². The van der Waals surface area contributed by atoms with E-state index in [1.807, 2.05) is 12.1 Å². The molecule has 4 heterocycles. The smallest absolute Gasteiger partial charge is 0.307 e. The van der Waals surface area contributed by atoms with E-state index in [0.717, 1.165) is 44.3 Å². The SMILES string of the molecule is CN(C)[C@H]1COC[C@@H]2[C@@H]1CCCN2Cc1ccccc1.CN(C)[C@H]1COC[C@@H]2[C@@H]1N(C(=O)Cc1ccc(Cl)c(Cl)c1)CCN2Cc1ccccc1.O=C(O)Cc1ccc(Cl)c(Cl)c1.[2H]CF. The van der Waals surface area contributed by atoms with Crippen LogP contribution in [0.4, 0.5) is 4.39 Å². The van der Waals surface area contributed by atoms with E-state index in [4.69, 9.17) is 62.4 Å². The summed E-state index contributed by atoms with van der Waals surface area (Å²) >= 11 is 23.5. The fraction of sp³-hybridized carbons (Fsp3) is 0.480. The van der Waals surface area contributed by atoms with Crippen LogP contribution in [-0.4, -0.2) is 153 Å². The molecule has 0 radical (unpaired) electrons. The predicted molar refractivity (Wildman–Crippen MR) is 261 cm³/mol. The molecular formula is C50H64Cl4FN5O5. The predicted octanol–water partition coefficient (Wildman–Crippen LogP) is 9.01. The lowest BCUT2D eigenvalue weighted by molar-refractivity contribution is -0.152. The number of rotatable bonds is 10. The maximum absolute atomic E-state index is 13.4. The van der Waals surface area contributed by atoms with E-state index in [-0.39, 0.29) is 30.5 Å². The number of piperidine rings is 1. The van der Waals surface area contributed by atoms with E-state index >= 15 is 0 Å². The van der Waals surface area contributed by atoms with E-state index in [2.05, 4.69) is 107 Å². The van der Waals surface area contributed by atoms with Gasteiger partial charge in [0.15, 0.2) is 0 Å². The standard InChI is InChI=1S/C24H29Cl2N3O2.C17H26N2O.C8H6Cl2O2.CH3F/c1-27(2)21-15-31-16-22-24(21)29(11-10-28(22)14-17-6-4-3-5-7-17)23(30)13-18-8-9-19(25)20(26)12-18;1-18(2)16-12-20-13-17-15(16)9-6-10-19(17)11-14-7-4-3-5-8-14;9-6-2-1-5(3-7(6)10)4-8(11)12;1-2/h3-9,12,21-22,24H,10-11,13-16H2,1-2H3;3-5,7-8,15-17H,6,9-13H2,1-2H3;1-3H,4H2,(H,11,12);1H3/t21-,22+,24+;15-,16+,17-;;/m01../s1/i;;;1D. The van der Waals surface area contributed by atoms with Gasteiger partial charge in [0.1, 0.15) is 0 Å². The number of likely N-dealkylation sites (tertiary alicyclic amines) is 1. The fourth-order valence-corrected chi connectivity index (χ4v) is 10.0. The van der Waals surface area contributed by atoms with Crippen molar-refractivity contribution in [1.82, 2.24) is 24.5 Å². The topological polar surface area (TPSA) is 89.0 Å². The number of halogens is 5. The lowest BCUT2D eigenvalue weighted by atomic mass is 9.81. The van der Waals surface area contributed by atoms with Gasteiger partial charge in [0.05, 0.1) is 86.0 Å². The summed E-state index contributed by atoms with van der Waals surface area (Å²) in [6.45, 7) is 7.73. The second-order valence-electron chi connectivity index (χ2n) is 17.3. The molecule has 4 aromatic rings. The molecule has 0 bridgehead atoms. The highest BCUT2D eigenvalue weighted by Crippen LogP contribution is 2.33. The third-order valence-electron chi connectivity index (χ3n) is 12.6. The molecule has 4 saturated heterocycles. The first-order valence-electron chi connectivity index (χ1n) is 22.7. The van der Waals surface area contributed by atoms with E-state index in [1.54, 1.807) is 30.3 Å². The zero-order valence-corrected chi connectivity index (χ0v) is 40.8. The Morgan fingerprint density at radius 1 is 0.662 bits per heavy atom. The summed E-state index contributed by atoms with van der Waals surface area (Å²) in [5.74, 6) is 0.00565. The Kier molecular flexibility index (Phi) is 20.6. The average Bonchev–Trinajstić information content (AvgIpc) is 3.30. The van der Waals surface area contributed by atoms with Gasteiger partial charge in [-0.1, -0.05) is 119 Å². The maximum Gasteiger partial charge on any atom is 0.307 e. The number of carboxylic acids is 1. The van der Waals surface area contributed by atoms with Crippen LogP contribution in [0.15, 0.2) is 97.1 Å². The zero-order chi connectivity index (χ0) is 47.8. The molecule has 65 heavy (non-hydrogen) atoms. The Morgan fingerprint density at radius 3 is 1.66 bits per heavy atom. The van der Waals surface area contributed by atoms with Crippen LogP contribution in [-0.2, 0) is 45.0 Å². The Hall–Kier alpha value is -3.33. The molecule has 0 saturated carbocycles. The highest BCUT2D eigenvalue weighted by Gasteiger charge is 2.46. The van der Waals surface area contributed by atoms with Gasteiger partial charge in [-0.15, -0.1) is 0 Å². The van der Waals surface area contributed by atoms with Gasteiger partial charge in [-0.05, 0) is 100 Å². The number of benzene rings is 4. The van der Waals surface area contributed by atoms with Crippen molar-refractivity contribution >= 4 is 58.3 Å². The van der Waals surface area contributed by atoms with Gasteiger partial charge >= 0.3 is 5.97 Å². The number of fused-ring (bicyclic) bond motifs is 2. The lowest BCUT2D eigenvalue weighted by Gasteiger charge is -2.54. The van der Waals surface area contributed by atoms with Gasteiger partial charge in [-0.3, -0.25) is 23.8 Å². The van der Waals surface area contributed by atoms with E-state index < -0.39 is 13.1 Å². The van der Waals surface area contributed by atoms with Crippen LogP contribution in [0, 0.1) is 5.92 Å². The summed E-state index contributed by atoms with van der Waals surface area (Å²) in [6.07, 6.45) is 2.96. The van der Waals surface area contributed by atoms with Crippen LogP contribution in [0.5, 0.6) is 0 Å². The molecule has 4 fully saturated rings. The van der Waals surface area contributed by atoms with Crippen LogP contribution in [0.2, 0.25) is 20.1 Å². The first-order valence-corrected chi connectivity index (χ1v) is 23.5. The van der Waals surface area contributed by atoms with Crippen molar-refractivity contribution in [3.8, 4) is 0 Å². The Labute approximate surface area is 406 Å². The van der Waals surface area contributed by atoms with Gasteiger partial charge in [0, 0.05) is 38.3 Å². The van der Waals surface area contributed by atoms with Crippen molar-refractivity contribution in [3.63, 3.8) is 0 Å². The number of carbonyl (C=O) groups excluding carboxylic acids is 1. The number of alkyl halides is 1. The summed E-state index contributed by atoms with van der Waals surface area (Å²) in [6, 6.07) is 33.1. The summed E-state index contributed by atoms with van der Waals surface area (Å²) < 4.78 is 27.4. The maximum atomic E-state index is 13.4. The quantitative estimate of drug-likeness (QED) is 0.167. The number of aliphatic carboxylic acids is 1. The number of ether oxygens (including phenoxy) is 2. The Bertz CT molecular complexity index is 2110. The van der Waals surface area contributed by atoms with Crippen molar-refractivity contribution in [2.45, 2.75) is 69.0 Å². The number of amides is 1. The zero-order valence-electron chi connectivity index (χ0n) is 38.8. The molecule has 0 unspecified atom stereocenters. The molecule has 8 rings (SSSR count). The van der Waals surface area contributed by atoms with Gasteiger partial charge in [0.25, 0.3) is 0 Å². The minimum Gasteiger partial charge on any atom is -0.481 e. The lowest BCUT2D eigenvalue weighted by Crippen LogP contribution is -2.70. The summed E-state index contributed by atoms with van der Waals surface area (Å²) in [5, 5.41) is 10.3. The van der Waals surface area contributed by atoms with Crippen molar-refractivity contribution in [2.24, 2.45) is 5.92 Å². The summed E-state index contributed by atoms with van der Waals surface area (Å²) in [5.41, 5.74) is 4.23. The van der Waals surface area contributed by atoms with Crippen LogP contribution in [0.25, 0.3) is 0 Å². The molecule has 0 aromatic heterocycles. The second-order valence-corrected chi connectivity index (χ2v) is 18.9. The Morgan fingerprint density at radius 2 is 1.15 bits per heavy atom. The molecule has 1 amide bonds. The summed E-state index contributed by atoms with van der Waals surface area (Å²) in [7, 11) is 7.50. The van der Waals surface area contributed by atoms with E-state index in [0.29, 0.717) is 63.9 Å². The molecular weight excluding hydrogens is 911 g/mol. The number of hydrogen-bond donors (Lipinski definition) is 1. The molecule has 15 heteroatoms. The molecule has 1 N–H and O–H groups in total. The first-order chi connectivity index (χ1) is 31.7. The first kappa shape index (κ1) is 51.1. The van der Waals surface area contributed by atoms with Crippen molar-refractivity contribution < 1.29 is 29.9 Å². The van der Waals surface area contributed by atoms with E-state index in [9.17, 15) is 14.0 Å². The van der Waals surface area contributed by atoms with Gasteiger partial charge < -0.3 is 29.3 Å². The normalized spacial score (nSPS) is 23.3. The molecule has 0 spiro atoms. The number of piperazine rings is 1.